The van der Waals surface area contributed by atoms with Crippen molar-refractivity contribution in [1.29, 1.82) is 0 Å². The lowest BCUT2D eigenvalue weighted by atomic mass is 10.0. The Kier molecular flexibility index (Phi) is 7.71. The SMILES string of the molecule is CCCC(CNC(=O)N(CC(N)=O)CC(N)=O)C(=O)O. The van der Waals surface area contributed by atoms with Crippen LogP contribution in [0.2, 0.25) is 0 Å². The fourth-order valence-electron chi connectivity index (χ4n) is 1.56. The predicted octanol–water partition coefficient (Wildman–Crippen LogP) is -1.53. The van der Waals surface area contributed by atoms with E-state index in [1.165, 1.54) is 0 Å². The Morgan fingerprint density at radius 1 is 1.15 bits per heavy atom. The van der Waals surface area contributed by atoms with Gasteiger partial charge < -0.3 is 26.8 Å². The number of rotatable bonds is 9. The Bertz CT molecular complexity index is 369. The minimum atomic E-state index is -1.02. The van der Waals surface area contributed by atoms with E-state index in [2.05, 4.69) is 5.32 Å². The fourth-order valence-corrected chi connectivity index (χ4v) is 1.56. The summed E-state index contributed by atoms with van der Waals surface area (Å²) >= 11 is 0. The number of carbonyl (C=O) groups is 4. The summed E-state index contributed by atoms with van der Waals surface area (Å²) in [7, 11) is 0. The van der Waals surface area contributed by atoms with Crippen LogP contribution in [-0.4, -0.2) is 53.5 Å². The number of amides is 4. The lowest BCUT2D eigenvalue weighted by Crippen LogP contribution is -2.49. The monoisotopic (exact) mass is 288 g/mol. The van der Waals surface area contributed by atoms with E-state index in [0.717, 1.165) is 4.90 Å². The average molecular weight is 288 g/mol. The third-order valence-electron chi connectivity index (χ3n) is 2.47. The minimum Gasteiger partial charge on any atom is -0.481 e. The topological polar surface area (TPSA) is 156 Å². The van der Waals surface area contributed by atoms with E-state index in [4.69, 9.17) is 16.6 Å². The van der Waals surface area contributed by atoms with Gasteiger partial charge in [0.15, 0.2) is 0 Å². The van der Waals surface area contributed by atoms with Crippen LogP contribution in [0.5, 0.6) is 0 Å². The van der Waals surface area contributed by atoms with E-state index in [1.54, 1.807) is 0 Å². The van der Waals surface area contributed by atoms with Crippen LogP contribution in [-0.2, 0) is 14.4 Å². The van der Waals surface area contributed by atoms with Gasteiger partial charge in [0.25, 0.3) is 0 Å². The lowest BCUT2D eigenvalue weighted by molar-refractivity contribution is -0.141. The van der Waals surface area contributed by atoms with Crippen molar-refractivity contribution >= 4 is 23.8 Å². The molecule has 6 N–H and O–H groups in total. The number of nitrogens with one attached hydrogen (secondary N) is 1. The van der Waals surface area contributed by atoms with E-state index in [1.807, 2.05) is 6.92 Å². The third kappa shape index (κ3) is 7.19. The number of primary amides is 2. The molecule has 4 amide bonds. The summed E-state index contributed by atoms with van der Waals surface area (Å²) in [6.45, 7) is 0.779. The number of nitrogens with zero attached hydrogens (tertiary/aromatic N) is 1. The number of hydrogen-bond donors (Lipinski definition) is 4. The van der Waals surface area contributed by atoms with Crippen molar-refractivity contribution < 1.29 is 24.3 Å². The minimum absolute atomic E-state index is 0.101. The highest BCUT2D eigenvalue weighted by atomic mass is 16.4. The summed E-state index contributed by atoms with van der Waals surface area (Å²) in [5, 5.41) is 11.3. The van der Waals surface area contributed by atoms with Crippen molar-refractivity contribution in [2.45, 2.75) is 19.8 Å². The van der Waals surface area contributed by atoms with Crippen molar-refractivity contribution in [3.05, 3.63) is 0 Å². The van der Waals surface area contributed by atoms with Gasteiger partial charge in [-0.3, -0.25) is 14.4 Å². The Balaban J connectivity index is 4.54. The number of nitrogens with two attached hydrogens (primary N) is 2. The molecule has 0 aromatic rings. The highest BCUT2D eigenvalue weighted by Crippen LogP contribution is 2.05. The Labute approximate surface area is 116 Å². The molecule has 0 aliphatic heterocycles. The first kappa shape index (κ1) is 17.7. The average Bonchev–Trinajstić information content (AvgIpc) is 2.31. The molecular weight excluding hydrogens is 268 g/mol. The van der Waals surface area contributed by atoms with Crippen molar-refractivity contribution in [3.8, 4) is 0 Å². The zero-order valence-corrected chi connectivity index (χ0v) is 11.3. The van der Waals surface area contributed by atoms with E-state index < -0.39 is 42.8 Å². The van der Waals surface area contributed by atoms with Crippen LogP contribution < -0.4 is 16.8 Å². The lowest BCUT2D eigenvalue weighted by Gasteiger charge is -2.21. The molecule has 0 radical (unpaired) electrons. The van der Waals surface area contributed by atoms with Crippen LogP contribution in [0.3, 0.4) is 0 Å². The molecule has 1 unspecified atom stereocenters. The number of hydrogen-bond acceptors (Lipinski definition) is 4. The maximum absolute atomic E-state index is 11.8. The highest BCUT2D eigenvalue weighted by Gasteiger charge is 2.21. The van der Waals surface area contributed by atoms with Crippen molar-refractivity contribution in [2.24, 2.45) is 17.4 Å². The summed E-state index contributed by atoms with van der Waals surface area (Å²) in [4.78, 5) is 45.1. The smallest absolute Gasteiger partial charge is 0.318 e. The fraction of sp³-hybridized carbons (Fsp3) is 0.636. The predicted molar refractivity (Wildman–Crippen MR) is 69.4 cm³/mol. The number of carbonyl (C=O) groups excluding carboxylic acids is 3. The van der Waals surface area contributed by atoms with Gasteiger partial charge in [-0.05, 0) is 6.42 Å². The zero-order chi connectivity index (χ0) is 15.7. The molecule has 9 nitrogen and oxygen atoms in total. The molecule has 0 bridgehead atoms. The number of urea groups is 1. The summed E-state index contributed by atoms with van der Waals surface area (Å²) in [6.07, 6.45) is 1.06. The quantitative estimate of drug-likeness (QED) is 0.405. The van der Waals surface area contributed by atoms with Crippen LogP contribution in [0, 0.1) is 5.92 Å². The molecule has 20 heavy (non-hydrogen) atoms. The van der Waals surface area contributed by atoms with E-state index in [-0.39, 0.29) is 6.54 Å². The standard InChI is InChI=1S/C11H20N4O5/c1-2-3-7(10(18)19)4-14-11(20)15(5-8(12)16)6-9(13)17/h7H,2-6H2,1H3,(H2,12,16)(H2,13,17)(H,14,20)(H,18,19). The summed E-state index contributed by atoms with van der Waals surface area (Å²) in [5.74, 6) is -3.36. The molecule has 0 aromatic carbocycles. The van der Waals surface area contributed by atoms with Crippen LogP contribution in [0.1, 0.15) is 19.8 Å². The molecule has 0 rings (SSSR count). The second-order valence-electron chi connectivity index (χ2n) is 4.30. The molecule has 0 fully saturated rings. The Morgan fingerprint density at radius 3 is 2.00 bits per heavy atom. The van der Waals surface area contributed by atoms with Gasteiger partial charge in [-0.15, -0.1) is 0 Å². The van der Waals surface area contributed by atoms with Crippen molar-refractivity contribution in [3.63, 3.8) is 0 Å². The number of aliphatic carboxylic acids is 1. The molecule has 0 aliphatic carbocycles. The molecule has 0 saturated carbocycles. The first-order valence-electron chi connectivity index (χ1n) is 6.10. The van der Waals surface area contributed by atoms with Gasteiger partial charge in [-0.1, -0.05) is 13.3 Å². The largest absolute Gasteiger partial charge is 0.481 e. The molecule has 114 valence electrons. The van der Waals surface area contributed by atoms with Gasteiger partial charge in [-0.25, -0.2) is 4.79 Å². The van der Waals surface area contributed by atoms with E-state index in [0.29, 0.717) is 12.8 Å². The second kappa shape index (κ2) is 8.73. The zero-order valence-electron chi connectivity index (χ0n) is 11.3. The van der Waals surface area contributed by atoms with Gasteiger partial charge in [0.05, 0.1) is 5.92 Å². The molecule has 0 spiro atoms. The van der Waals surface area contributed by atoms with Gasteiger partial charge >= 0.3 is 12.0 Å². The molecule has 0 heterocycles. The second-order valence-corrected chi connectivity index (χ2v) is 4.30. The van der Waals surface area contributed by atoms with Crippen LogP contribution in [0.15, 0.2) is 0 Å². The molecule has 0 aliphatic rings. The van der Waals surface area contributed by atoms with Crippen LogP contribution in [0.25, 0.3) is 0 Å². The maximum Gasteiger partial charge on any atom is 0.318 e. The molecule has 1 atom stereocenters. The maximum atomic E-state index is 11.8. The highest BCUT2D eigenvalue weighted by molar-refractivity contribution is 5.87. The van der Waals surface area contributed by atoms with Crippen LogP contribution in [0.4, 0.5) is 4.79 Å². The van der Waals surface area contributed by atoms with Crippen molar-refractivity contribution in [1.82, 2.24) is 10.2 Å². The van der Waals surface area contributed by atoms with Gasteiger partial charge in [0, 0.05) is 6.54 Å². The van der Waals surface area contributed by atoms with Gasteiger partial charge in [-0.2, -0.15) is 0 Å². The third-order valence-corrected chi connectivity index (χ3v) is 2.47. The summed E-state index contributed by atoms with van der Waals surface area (Å²) in [6, 6.07) is -0.759. The summed E-state index contributed by atoms with van der Waals surface area (Å²) < 4.78 is 0. The molecule has 0 saturated heterocycles. The van der Waals surface area contributed by atoms with E-state index in [9.17, 15) is 19.2 Å². The first-order valence-corrected chi connectivity index (χ1v) is 6.10. The normalized spacial score (nSPS) is 11.4. The molecule has 9 heteroatoms. The Morgan fingerprint density at radius 2 is 1.65 bits per heavy atom. The van der Waals surface area contributed by atoms with Gasteiger partial charge in [0.2, 0.25) is 11.8 Å². The van der Waals surface area contributed by atoms with Gasteiger partial charge in [0.1, 0.15) is 13.1 Å². The van der Waals surface area contributed by atoms with Crippen LogP contribution >= 0.6 is 0 Å². The molecule has 0 aromatic heterocycles. The summed E-state index contributed by atoms with van der Waals surface area (Å²) in [5.41, 5.74) is 9.90. The number of carboxylic acids is 1. The Hall–Kier alpha value is -2.32. The first-order chi connectivity index (χ1) is 9.27. The number of carboxylic acid groups (broad SMARTS) is 1. The van der Waals surface area contributed by atoms with E-state index >= 15 is 0 Å². The molecular formula is C11H20N4O5. The van der Waals surface area contributed by atoms with Crippen molar-refractivity contribution in [2.75, 3.05) is 19.6 Å².